The van der Waals surface area contributed by atoms with Crippen LogP contribution in [0.2, 0.25) is 0 Å². The highest BCUT2D eigenvalue weighted by atomic mass is 16.5. The molecule has 1 atom stereocenters. The van der Waals surface area contributed by atoms with Gasteiger partial charge in [-0.05, 0) is 40.3 Å². The third kappa shape index (κ3) is 3.56. The number of nitrogens with zero attached hydrogens (tertiary/aromatic N) is 1. The van der Waals surface area contributed by atoms with Gasteiger partial charge in [0.05, 0.1) is 5.60 Å². The molecule has 1 fully saturated rings. The van der Waals surface area contributed by atoms with Gasteiger partial charge >= 0.3 is 0 Å². The van der Waals surface area contributed by atoms with Crippen molar-refractivity contribution in [3.05, 3.63) is 0 Å². The topological polar surface area (TPSA) is 24.5 Å². The predicted molar refractivity (Wildman–Crippen MR) is 59.6 cm³/mol. The first-order chi connectivity index (χ1) is 6.57. The second kappa shape index (κ2) is 5.10. The molecule has 1 unspecified atom stereocenters. The van der Waals surface area contributed by atoms with Crippen LogP contribution in [0.4, 0.5) is 0 Å². The van der Waals surface area contributed by atoms with Crippen molar-refractivity contribution in [2.45, 2.75) is 38.3 Å². The summed E-state index contributed by atoms with van der Waals surface area (Å²) in [6, 6.07) is 0.695. The van der Waals surface area contributed by atoms with Crippen LogP contribution in [0.5, 0.6) is 0 Å². The van der Waals surface area contributed by atoms with Crippen LogP contribution in [-0.4, -0.2) is 50.3 Å². The van der Waals surface area contributed by atoms with Crippen LogP contribution in [0.3, 0.4) is 0 Å². The fourth-order valence-corrected chi connectivity index (χ4v) is 1.80. The Morgan fingerprint density at radius 3 is 2.71 bits per heavy atom. The molecular formula is C11H24N2O. The lowest BCUT2D eigenvalue weighted by atomic mass is 10.1. The van der Waals surface area contributed by atoms with E-state index >= 15 is 0 Å². The maximum atomic E-state index is 5.41. The minimum atomic E-state index is 0.0255. The van der Waals surface area contributed by atoms with Gasteiger partial charge in [0.15, 0.2) is 0 Å². The summed E-state index contributed by atoms with van der Waals surface area (Å²) >= 11 is 0. The van der Waals surface area contributed by atoms with Crippen molar-refractivity contribution < 1.29 is 4.74 Å². The number of ether oxygens (including phenoxy) is 1. The molecule has 0 spiro atoms. The van der Waals surface area contributed by atoms with Crippen LogP contribution in [-0.2, 0) is 4.74 Å². The maximum absolute atomic E-state index is 5.41. The summed E-state index contributed by atoms with van der Waals surface area (Å²) in [6.07, 6.45) is 2.39. The van der Waals surface area contributed by atoms with E-state index in [0.29, 0.717) is 6.04 Å². The van der Waals surface area contributed by atoms with Crippen molar-refractivity contribution in [3.8, 4) is 0 Å². The van der Waals surface area contributed by atoms with Gasteiger partial charge in [-0.15, -0.1) is 0 Å². The van der Waals surface area contributed by atoms with Crippen molar-refractivity contribution in [1.29, 1.82) is 0 Å². The van der Waals surface area contributed by atoms with Crippen molar-refractivity contribution in [3.63, 3.8) is 0 Å². The molecule has 1 N–H and O–H groups in total. The molecule has 1 saturated heterocycles. The summed E-state index contributed by atoms with van der Waals surface area (Å²) in [4.78, 5) is 2.52. The van der Waals surface area contributed by atoms with Gasteiger partial charge in [-0.25, -0.2) is 0 Å². The molecule has 0 aromatic rings. The van der Waals surface area contributed by atoms with Gasteiger partial charge in [0.25, 0.3) is 0 Å². The van der Waals surface area contributed by atoms with Crippen molar-refractivity contribution in [1.82, 2.24) is 10.2 Å². The molecule has 3 nitrogen and oxygen atoms in total. The van der Waals surface area contributed by atoms with Gasteiger partial charge in [0.2, 0.25) is 0 Å². The Bertz CT molecular complexity index is 171. The number of methoxy groups -OCH3 is 1. The summed E-state index contributed by atoms with van der Waals surface area (Å²) in [7, 11) is 3.84. The lowest BCUT2D eigenvalue weighted by Gasteiger charge is -2.26. The summed E-state index contributed by atoms with van der Waals surface area (Å²) in [5.41, 5.74) is 0.0255. The molecule has 3 heteroatoms. The fraction of sp³-hybridized carbons (Fsp3) is 1.00. The lowest BCUT2D eigenvalue weighted by Crippen LogP contribution is -2.33. The first-order valence-corrected chi connectivity index (χ1v) is 5.52. The third-order valence-corrected chi connectivity index (χ3v) is 3.26. The van der Waals surface area contributed by atoms with E-state index in [0.717, 1.165) is 13.0 Å². The molecule has 1 rings (SSSR count). The summed E-state index contributed by atoms with van der Waals surface area (Å²) < 4.78 is 5.41. The highest BCUT2D eigenvalue weighted by Gasteiger charge is 2.23. The van der Waals surface area contributed by atoms with Crippen molar-refractivity contribution in [2.75, 3.05) is 33.8 Å². The zero-order valence-electron chi connectivity index (χ0n) is 9.97. The van der Waals surface area contributed by atoms with Gasteiger partial charge in [-0.3, -0.25) is 0 Å². The Labute approximate surface area is 87.8 Å². The van der Waals surface area contributed by atoms with Crippen LogP contribution in [0.15, 0.2) is 0 Å². The van der Waals surface area contributed by atoms with Crippen molar-refractivity contribution in [2.24, 2.45) is 0 Å². The average molecular weight is 200 g/mol. The molecule has 0 aromatic heterocycles. The third-order valence-electron chi connectivity index (χ3n) is 3.26. The van der Waals surface area contributed by atoms with Gasteiger partial charge in [0.1, 0.15) is 0 Å². The average Bonchev–Trinajstić information content (AvgIpc) is 2.63. The first-order valence-electron chi connectivity index (χ1n) is 5.52. The van der Waals surface area contributed by atoms with Gasteiger partial charge in [0, 0.05) is 26.2 Å². The van der Waals surface area contributed by atoms with E-state index in [1.165, 1.54) is 19.5 Å². The lowest BCUT2D eigenvalue weighted by molar-refractivity contribution is 0.00889. The zero-order chi connectivity index (χ0) is 10.6. The van der Waals surface area contributed by atoms with Gasteiger partial charge < -0.3 is 15.0 Å². The summed E-state index contributed by atoms with van der Waals surface area (Å²) in [5, 5.41) is 3.33. The number of nitrogens with one attached hydrogen (secondary N) is 1. The highest BCUT2D eigenvalue weighted by Crippen LogP contribution is 2.16. The van der Waals surface area contributed by atoms with Crippen LogP contribution < -0.4 is 5.32 Å². The van der Waals surface area contributed by atoms with Gasteiger partial charge in [-0.1, -0.05) is 0 Å². The maximum Gasteiger partial charge on any atom is 0.0634 e. The number of hydrogen-bond acceptors (Lipinski definition) is 3. The number of likely N-dealkylation sites (tertiary alicyclic amines) is 1. The first kappa shape index (κ1) is 12.0. The second-order valence-electron chi connectivity index (χ2n) is 4.79. The van der Waals surface area contributed by atoms with Crippen LogP contribution in [0, 0.1) is 0 Å². The quantitative estimate of drug-likeness (QED) is 0.719. The summed E-state index contributed by atoms with van der Waals surface area (Å²) in [5.74, 6) is 0. The largest absolute Gasteiger partial charge is 0.379 e. The van der Waals surface area contributed by atoms with Gasteiger partial charge in [-0.2, -0.15) is 0 Å². The molecule has 84 valence electrons. The number of likely N-dealkylation sites (N-methyl/N-ethyl adjacent to an activating group) is 1. The molecule has 0 aliphatic carbocycles. The highest BCUT2D eigenvalue weighted by molar-refractivity contribution is 4.81. The van der Waals surface area contributed by atoms with Crippen LogP contribution >= 0.6 is 0 Å². The molecule has 0 bridgehead atoms. The fourth-order valence-electron chi connectivity index (χ4n) is 1.80. The molecule has 14 heavy (non-hydrogen) atoms. The molecule has 1 aliphatic heterocycles. The standard InChI is InChI=1S/C11H24N2O/c1-11(2,14-4)6-8-13-7-5-10(9-13)12-3/h10,12H,5-9H2,1-4H3. The Morgan fingerprint density at radius 1 is 1.50 bits per heavy atom. The minimum Gasteiger partial charge on any atom is -0.379 e. The zero-order valence-corrected chi connectivity index (χ0v) is 9.97. The van der Waals surface area contributed by atoms with Crippen LogP contribution in [0.1, 0.15) is 26.7 Å². The van der Waals surface area contributed by atoms with Crippen LogP contribution in [0.25, 0.3) is 0 Å². The molecule has 1 aliphatic rings. The molecule has 0 saturated carbocycles. The monoisotopic (exact) mass is 200 g/mol. The SMILES string of the molecule is CNC1CCN(CCC(C)(C)OC)C1. The predicted octanol–water partition coefficient (Wildman–Crippen LogP) is 1.10. The van der Waals surface area contributed by atoms with E-state index < -0.39 is 0 Å². The van der Waals surface area contributed by atoms with E-state index in [1.807, 2.05) is 7.05 Å². The Hall–Kier alpha value is -0.120. The van der Waals surface area contributed by atoms with E-state index in [4.69, 9.17) is 4.74 Å². The molecule has 1 heterocycles. The number of rotatable bonds is 5. The summed E-state index contributed by atoms with van der Waals surface area (Å²) in [6.45, 7) is 7.87. The smallest absolute Gasteiger partial charge is 0.0634 e. The minimum absolute atomic E-state index is 0.0255. The van der Waals surface area contributed by atoms with Crippen molar-refractivity contribution >= 4 is 0 Å². The molecular weight excluding hydrogens is 176 g/mol. The Balaban J connectivity index is 2.20. The number of hydrogen-bond donors (Lipinski definition) is 1. The van der Waals surface area contributed by atoms with E-state index in [1.54, 1.807) is 7.11 Å². The van der Waals surface area contributed by atoms with E-state index in [2.05, 4.69) is 24.1 Å². The second-order valence-corrected chi connectivity index (χ2v) is 4.79. The molecule has 0 amide bonds. The van der Waals surface area contributed by atoms with E-state index in [9.17, 15) is 0 Å². The Morgan fingerprint density at radius 2 is 2.21 bits per heavy atom. The van der Waals surface area contributed by atoms with E-state index in [-0.39, 0.29) is 5.60 Å². The normalized spacial score (nSPS) is 24.4. The molecule has 0 aromatic carbocycles. The molecule has 0 radical (unpaired) electrons. The Kier molecular flexibility index (Phi) is 4.35.